The van der Waals surface area contributed by atoms with Gasteiger partial charge in [-0.25, -0.2) is 0 Å². The Morgan fingerprint density at radius 3 is 2.64 bits per heavy atom. The highest BCUT2D eigenvalue weighted by atomic mass is 16.5. The van der Waals surface area contributed by atoms with Crippen molar-refractivity contribution in [3.8, 4) is 5.75 Å². The number of amides is 2. The van der Waals surface area contributed by atoms with Crippen LogP contribution in [0.1, 0.15) is 40.3 Å². The molecule has 0 unspecified atom stereocenters. The number of hydrogen-bond acceptors (Lipinski definition) is 4. The van der Waals surface area contributed by atoms with Crippen LogP contribution in [0.2, 0.25) is 0 Å². The van der Waals surface area contributed by atoms with E-state index >= 15 is 0 Å². The van der Waals surface area contributed by atoms with Crippen LogP contribution in [-0.4, -0.2) is 35.2 Å². The Morgan fingerprint density at radius 1 is 1.28 bits per heavy atom. The Hall–Kier alpha value is -2.83. The summed E-state index contributed by atoms with van der Waals surface area (Å²) < 4.78 is 6.69. The minimum Gasteiger partial charge on any atom is -0.496 e. The molecule has 0 spiro atoms. The molecule has 0 aliphatic heterocycles. The molecule has 25 heavy (non-hydrogen) atoms. The van der Waals surface area contributed by atoms with Crippen LogP contribution in [0.25, 0.3) is 0 Å². The van der Waals surface area contributed by atoms with Crippen LogP contribution < -0.4 is 15.4 Å². The van der Waals surface area contributed by atoms with Crippen LogP contribution in [0.15, 0.2) is 24.4 Å². The predicted molar refractivity (Wildman–Crippen MR) is 96.1 cm³/mol. The molecule has 0 aliphatic carbocycles. The van der Waals surface area contributed by atoms with Crippen molar-refractivity contribution in [2.24, 2.45) is 13.0 Å². The Labute approximate surface area is 147 Å². The van der Waals surface area contributed by atoms with Gasteiger partial charge in [0, 0.05) is 24.7 Å². The van der Waals surface area contributed by atoms with E-state index in [0.717, 1.165) is 5.56 Å². The fourth-order valence-corrected chi connectivity index (χ4v) is 2.45. The summed E-state index contributed by atoms with van der Waals surface area (Å²) in [6.07, 6.45) is 1.47. The van der Waals surface area contributed by atoms with E-state index in [2.05, 4.69) is 15.7 Å². The highest BCUT2D eigenvalue weighted by molar-refractivity contribution is 6.09. The lowest BCUT2D eigenvalue weighted by molar-refractivity contribution is 0.0940. The summed E-state index contributed by atoms with van der Waals surface area (Å²) in [6, 6.07) is 5.25. The summed E-state index contributed by atoms with van der Waals surface area (Å²) in [5.74, 6) is 0.372. The molecule has 0 saturated carbocycles. The van der Waals surface area contributed by atoms with Crippen LogP contribution in [0.4, 0.5) is 5.69 Å². The number of nitrogens with one attached hydrogen (secondary N) is 2. The van der Waals surface area contributed by atoms with E-state index in [0.29, 0.717) is 35.2 Å². The van der Waals surface area contributed by atoms with Crippen LogP contribution in [0, 0.1) is 12.8 Å². The maximum Gasteiger partial charge on any atom is 0.271 e. The van der Waals surface area contributed by atoms with Gasteiger partial charge in [0.15, 0.2) is 0 Å². The molecule has 0 atom stereocenters. The van der Waals surface area contributed by atoms with Gasteiger partial charge in [-0.05, 0) is 25.0 Å². The Bertz CT molecular complexity index is 781. The van der Waals surface area contributed by atoms with Gasteiger partial charge in [-0.2, -0.15) is 5.10 Å². The molecule has 2 rings (SSSR count). The average molecular weight is 344 g/mol. The second-order valence-corrected chi connectivity index (χ2v) is 6.22. The molecule has 0 aliphatic rings. The van der Waals surface area contributed by atoms with Gasteiger partial charge in [0.2, 0.25) is 0 Å². The Kier molecular flexibility index (Phi) is 5.80. The summed E-state index contributed by atoms with van der Waals surface area (Å²) in [6.45, 7) is 6.38. The van der Waals surface area contributed by atoms with Crippen LogP contribution in [-0.2, 0) is 7.05 Å². The largest absolute Gasteiger partial charge is 0.496 e. The number of aryl methyl sites for hydroxylation is 1. The lowest BCUT2D eigenvalue weighted by Gasteiger charge is -2.12. The summed E-state index contributed by atoms with van der Waals surface area (Å²) >= 11 is 0. The number of anilines is 1. The second kappa shape index (κ2) is 7.83. The number of hydrogen-bond donors (Lipinski definition) is 2. The van der Waals surface area contributed by atoms with Crippen molar-refractivity contribution in [1.29, 1.82) is 0 Å². The highest BCUT2D eigenvalue weighted by Gasteiger charge is 2.20. The van der Waals surface area contributed by atoms with Crippen molar-refractivity contribution in [3.63, 3.8) is 0 Å². The van der Waals surface area contributed by atoms with Gasteiger partial charge >= 0.3 is 0 Å². The molecule has 0 saturated heterocycles. The van der Waals surface area contributed by atoms with E-state index in [-0.39, 0.29) is 11.8 Å². The molecule has 1 aromatic carbocycles. The van der Waals surface area contributed by atoms with Gasteiger partial charge in [-0.3, -0.25) is 14.3 Å². The average Bonchev–Trinajstić information content (AvgIpc) is 2.93. The minimum absolute atomic E-state index is 0.272. The molecule has 1 heterocycles. The van der Waals surface area contributed by atoms with E-state index in [9.17, 15) is 9.59 Å². The number of aromatic nitrogens is 2. The summed E-state index contributed by atoms with van der Waals surface area (Å²) in [4.78, 5) is 25.0. The molecule has 1 aromatic heterocycles. The maximum atomic E-state index is 12.6. The SMILES string of the molecule is COc1cccc(C(=O)Nc2cnn(C)c2C(=O)NCC(C)C)c1C. The molecule has 2 amide bonds. The van der Waals surface area contributed by atoms with Crippen molar-refractivity contribution < 1.29 is 14.3 Å². The first-order valence-corrected chi connectivity index (χ1v) is 8.10. The predicted octanol–water partition coefficient (Wildman–Crippen LogP) is 2.38. The third-order valence-electron chi connectivity index (χ3n) is 3.82. The molecular formula is C18H24N4O3. The monoisotopic (exact) mass is 344 g/mol. The molecule has 2 N–H and O–H groups in total. The smallest absolute Gasteiger partial charge is 0.271 e. The first-order chi connectivity index (χ1) is 11.8. The highest BCUT2D eigenvalue weighted by Crippen LogP contribution is 2.22. The molecule has 7 nitrogen and oxygen atoms in total. The third-order valence-corrected chi connectivity index (χ3v) is 3.82. The van der Waals surface area contributed by atoms with Crippen molar-refractivity contribution in [2.75, 3.05) is 19.0 Å². The third kappa shape index (κ3) is 4.17. The first-order valence-electron chi connectivity index (χ1n) is 8.10. The van der Waals surface area contributed by atoms with E-state index in [1.807, 2.05) is 20.8 Å². The summed E-state index contributed by atoms with van der Waals surface area (Å²) in [5, 5.41) is 9.69. The maximum absolute atomic E-state index is 12.6. The number of nitrogens with zero attached hydrogens (tertiary/aromatic N) is 2. The molecule has 0 radical (unpaired) electrons. The van der Waals surface area contributed by atoms with Crippen molar-refractivity contribution in [1.82, 2.24) is 15.1 Å². The number of ether oxygens (including phenoxy) is 1. The molecular weight excluding hydrogens is 320 g/mol. The summed E-state index contributed by atoms with van der Waals surface area (Å²) in [5.41, 5.74) is 1.90. The van der Waals surface area contributed by atoms with Gasteiger partial charge in [0.25, 0.3) is 11.8 Å². The normalized spacial score (nSPS) is 10.6. The summed E-state index contributed by atoms with van der Waals surface area (Å²) in [7, 11) is 3.22. The lowest BCUT2D eigenvalue weighted by Crippen LogP contribution is -2.30. The zero-order valence-corrected chi connectivity index (χ0v) is 15.2. The van der Waals surface area contributed by atoms with E-state index < -0.39 is 0 Å². The molecule has 134 valence electrons. The molecule has 0 fully saturated rings. The Morgan fingerprint density at radius 2 is 2.00 bits per heavy atom. The number of methoxy groups -OCH3 is 1. The number of carbonyl (C=O) groups is 2. The van der Waals surface area contributed by atoms with Gasteiger partial charge in [-0.1, -0.05) is 19.9 Å². The zero-order valence-electron chi connectivity index (χ0n) is 15.2. The van der Waals surface area contributed by atoms with Crippen molar-refractivity contribution in [2.45, 2.75) is 20.8 Å². The Balaban J connectivity index is 2.24. The standard InChI is InChI=1S/C18H24N4O3/c1-11(2)9-19-18(24)16-14(10-20-22(16)4)21-17(23)13-7-6-8-15(25-5)12(13)3/h6-8,10-11H,9H2,1-5H3,(H,19,24)(H,21,23). The van der Waals surface area contributed by atoms with E-state index in [4.69, 9.17) is 4.74 Å². The number of rotatable bonds is 6. The van der Waals surface area contributed by atoms with E-state index in [1.54, 1.807) is 32.4 Å². The van der Waals surface area contributed by atoms with Gasteiger partial charge in [0.05, 0.1) is 19.0 Å². The topological polar surface area (TPSA) is 85.2 Å². The minimum atomic E-state index is -0.317. The second-order valence-electron chi connectivity index (χ2n) is 6.22. The fourth-order valence-electron chi connectivity index (χ4n) is 2.45. The van der Waals surface area contributed by atoms with Crippen molar-refractivity contribution >= 4 is 17.5 Å². The first kappa shape index (κ1) is 18.5. The number of benzene rings is 1. The van der Waals surface area contributed by atoms with E-state index in [1.165, 1.54) is 10.9 Å². The fraction of sp³-hybridized carbons (Fsp3) is 0.389. The van der Waals surface area contributed by atoms with Crippen LogP contribution in [0.5, 0.6) is 5.75 Å². The molecule has 7 heteroatoms. The molecule has 0 bridgehead atoms. The quantitative estimate of drug-likeness (QED) is 0.842. The lowest BCUT2D eigenvalue weighted by atomic mass is 10.1. The van der Waals surface area contributed by atoms with Gasteiger partial charge < -0.3 is 15.4 Å². The molecule has 2 aromatic rings. The van der Waals surface area contributed by atoms with Crippen LogP contribution >= 0.6 is 0 Å². The van der Waals surface area contributed by atoms with Gasteiger partial charge in [-0.15, -0.1) is 0 Å². The van der Waals surface area contributed by atoms with Crippen molar-refractivity contribution in [3.05, 3.63) is 41.2 Å². The van der Waals surface area contributed by atoms with Gasteiger partial charge in [0.1, 0.15) is 11.4 Å². The zero-order chi connectivity index (χ0) is 18.6. The number of carbonyl (C=O) groups excluding carboxylic acids is 2. The van der Waals surface area contributed by atoms with Crippen LogP contribution in [0.3, 0.4) is 0 Å².